The number of benzene rings is 1. The van der Waals surface area contributed by atoms with Crippen molar-refractivity contribution in [2.75, 3.05) is 6.54 Å². The Bertz CT molecular complexity index is 546. The molecule has 0 radical (unpaired) electrons. The Balaban J connectivity index is 2.23. The molecule has 5 heteroatoms. The Labute approximate surface area is 117 Å². The molecule has 0 saturated heterocycles. The summed E-state index contributed by atoms with van der Waals surface area (Å²) in [6.07, 6.45) is 4.82. The zero-order chi connectivity index (χ0) is 14.5. The molecule has 0 bridgehead atoms. The van der Waals surface area contributed by atoms with Gasteiger partial charge < -0.3 is 5.32 Å². The van der Waals surface area contributed by atoms with E-state index in [2.05, 4.69) is 17.3 Å². The van der Waals surface area contributed by atoms with E-state index in [1.165, 1.54) is 18.2 Å². The smallest absolute Gasteiger partial charge is 0.129 e. The average molecular weight is 279 g/mol. The highest BCUT2D eigenvalue weighted by atomic mass is 19.1. The van der Waals surface area contributed by atoms with Gasteiger partial charge in [0.1, 0.15) is 11.6 Å². The molecule has 1 atom stereocenters. The van der Waals surface area contributed by atoms with Gasteiger partial charge in [-0.05, 0) is 31.5 Å². The molecule has 3 nitrogen and oxygen atoms in total. The summed E-state index contributed by atoms with van der Waals surface area (Å²) < 4.78 is 29.2. The van der Waals surface area contributed by atoms with Gasteiger partial charge in [0.05, 0.1) is 6.20 Å². The molecule has 0 aliphatic carbocycles. The predicted octanol–water partition coefficient (Wildman–Crippen LogP) is 2.98. The van der Waals surface area contributed by atoms with Crippen molar-refractivity contribution in [3.8, 4) is 0 Å². The normalized spacial score (nSPS) is 12.6. The van der Waals surface area contributed by atoms with Crippen molar-refractivity contribution in [1.29, 1.82) is 0 Å². The molecule has 108 valence electrons. The Morgan fingerprint density at radius 2 is 2.00 bits per heavy atom. The number of halogens is 2. The second-order valence-corrected chi connectivity index (χ2v) is 4.86. The summed E-state index contributed by atoms with van der Waals surface area (Å²) in [5.74, 6) is -1.01. The number of aromatic nitrogens is 2. The van der Waals surface area contributed by atoms with E-state index in [4.69, 9.17) is 0 Å². The molecule has 0 fully saturated rings. The molecule has 0 aliphatic heterocycles. The lowest BCUT2D eigenvalue weighted by Gasteiger charge is -2.18. The fourth-order valence-electron chi connectivity index (χ4n) is 2.18. The van der Waals surface area contributed by atoms with Crippen LogP contribution in [-0.2, 0) is 13.5 Å². The third kappa shape index (κ3) is 3.42. The molecule has 2 rings (SSSR count). The van der Waals surface area contributed by atoms with Crippen LogP contribution in [0.5, 0.6) is 0 Å². The molecule has 0 amide bonds. The minimum atomic E-state index is -0.503. The molecule has 1 aromatic carbocycles. The van der Waals surface area contributed by atoms with Crippen LogP contribution in [0.3, 0.4) is 0 Å². The molecular weight excluding hydrogens is 260 g/mol. The maximum Gasteiger partial charge on any atom is 0.129 e. The van der Waals surface area contributed by atoms with Crippen molar-refractivity contribution >= 4 is 0 Å². The summed E-state index contributed by atoms with van der Waals surface area (Å²) in [7, 11) is 1.82. The number of rotatable bonds is 6. The summed E-state index contributed by atoms with van der Waals surface area (Å²) in [6.45, 7) is 2.84. The topological polar surface area (TPSA) is 29.9 Å². The first-order valence-electron chi connectivity index (χ1n) is 6.76. The summed E-state index contributed by atoms with van der Waals surface area (Å²) in [4.78, 5) is 0. The van der Waals surface area contributed by atoms with E-state index in [-0.39, 0.29) is 18.0 Å². The van der Waals surface area contributed by atoms with Crippen LogP contribution in [0, 0.1) is 11.6 Å². The summed E-state index contributed by atoms with van der Waals surface area (Å²) in [5.41, 5.74) is 1.05. The Kier molecular flexibility index (Phi) is 4.84. The van der Waals surface area contributed by atoms with Crippen molar-refractivity contribution < 1.29 is 8.78 Å². The van der Waals surface area contributed by atoms with Crippen LogP contribution < -0.4 is 5.32 Å². The van der Waals surface area contributed by atoms with Crippen LogP contribution in [0.1, 0.15) is 30.5 Å². The van der Waals surface area contributed by atoms with Gasteiger partial charge in [-0.2, -0.15) is 5.10 Å². The zero-order valence-corrected chi connectivity index (χ0v) is 11.7. The lowest BCUT2D eigenvalue weighted by Crippen LogP contribution is -2.24. The monoisotopic (exact) mass is 279 g/mol. The number of nitrogens with one attached hydrogen (secondary N) is 1. The van der Waals surface area contributed by atoms with Crippen molar-refractivity contribution in [2.45, 2.75) is 25.8 Å². The molecular formula is C15H19F2N3. The van der Waals surface area contributed by atoms with Gasteiger partial charge in [0.15, 0.2) is 0 Å². The second kappa shape index (κ2) is 6.61. The lowest BCUT2D eigenvalue weighted by atomic mass is 10.0. The first kappa shape index (κ1) is 14.7. The highest BCUT2D eigenvalue weighted by Crippen LogP contribution is 2.22. The number of hydrogen-bond acceptors (Lipinski definition) is 2. The van der Waals surface area contributed by atoms with Gasteiger partial charge in [-0.3, -0.25) is 4.68 Å². The average Bonchev–Trinajstić information content (AvgIpc) is 2.84. The largest absolute Gasteiger partial charge is 0.310 e. The first-order valence-corrected chi connectivity index (χ1v) is 6.76. The van der Waals surface area contributed by atoms with Crippen molar-refractivity contribution in [2.24, 2.45) is 7.05 Å². The highest BCUT2D eigenvalue weighted by molar-refractivity contribution is 5.23. The summed E-state index contributed by atoms with van der Waals surface area (Å²) >= 11 is 0. The van der Waals surface area contributed by atoms with Crippen LogP contribution >= 0.6 is 0 Å². The molecule has 20 heavy (non-hydrogen) atoms. The quantitative estimate of drug-likeness (QED) is 0.881. The van der Waals surface area contributed by atoms with Gasteiger partial charge in [-0.1, -0.05) is 13.0 Å². The lowest BCUT2D eigenvalue weighted by molar-refractivity contribution is 0.490. The standard InChI is InChI=1S/C15H19F2N3/c1-3-7-18-15(11-9-19-20(2)10-11)8-12-13(16)5-4-6-14(12)17/h4-6,9-10,15,18H,3,7-8H2,1-2H3. The molecule has 0 aliphatic rings. The number of nitrogens with zero attached hydrogens (tertiary/aromatic N) is 2. The number of hydrogen-bond donors (Lipinski definition) is 1. The van der Waals surface area contributed by atoms with E-state index in [1.807, 2.05) is 13.2 Å². The third-order valence-corrected chi connectivity index (χ3v) is 3.24. The molecule has 1 heterocycles. The molecule has 1 unspecified atom stereocenters. The minimum Gasteiger partial charge on any atom is -0.310 e. The summed E-state index contributed by atoms with van der Waals surface area (Å²) in [5, 5.41) is 7.44. The second-order valence-electron chi connectivity index (χ2n) is 4.86. The Hall–Kier alpha value is -1.75. The SMILES string of the molecule is CCCNC(Cc1c(F)cccc1F)c1cnn(C)c1. The van der Waals surface area contributed by atoms with Crippen LogP contribution in [0.2, 0.25) is 0 Å². The Morgan fingerprint density at radius 1 is 1.30 bits per heavy atom. The van der Waals surface area contributed by atoms with E-state index in [9.17, 15) is 8.78 Å². The molecule has 1 N–H and O–H groups in total. The maximum absolute atomic E-state index is 13.8. The van der Waals surface area contributed by atoms with Crippen molar-refractivity contribution in [3.05, 3.63) is 53.4 Å². The van der Waals surface area contributed by atoms with E-state index in [0.29, 0.717) is 0 Å². The maximum atomic E-state index is 13.8. The first-order chi connectivity index (χ1) is 9.61. The third-order valence-electron chi connectivity index (χ3n) is 3.24. The minimum absolute atomic E-state index is 0.116. The summed E-state index contributed by atoms with van der Waals surface area (Å²) in [6, 6.07) is 3.82. The van der Waals surface area contributed by atoms with Crippen molar-refractivity contribution in [1.82, 2.24) is 15.1 Å². The molecule has 0 spiro atoms. The van der Waals surface area contributed by atoms with Crippen LogP contribution in [0.15, 0.2) is 30.6 Å². The van der Waals surface area contributed by atoms with Crippen LogP contribution in [-0.4, -0.2) is 16.3 Å². The Morgan fingerprint density at radius 3 is 2.55 bits per heavy atom. The van der Waals surface area contributed by atoms with Crippen molar-refractivity contribution in [3.63, 3.8) is 0 Å². The van der Waals surface area contributed by atoms with Gasteiger partial charge in [0, 0.05) is 30.4 Å². The van der Waals surface area contributed by atoms with Gasteiger partial charge in [-0.25, -0.2) is 8.78 Å². The van der Waals surface area contributed by atoms with Gasteiger partial charge in [0.25, 0.3) is 0 Å². The van der Waals surface area contributed by atoms with E-state index in [0.717, 1.165) is 18.5 Å². The van der Waals surface area contributed by atoms with Crippen LogP contribution in [0.25, 0.3) is 0 Å². The van der Waals surface area contributed by atoms with E-state index >= 15 is 0 Å². The van der Waals surface area contributed by atoms with Gasteiger partial charge >= 0.3 is 0 Å². The highest BCUT2D eigenvalue weighted by Gasteiger charge is 2.18. The van der Waals surface area contributed by atoms with Crippen LogP contribution in [0.4, 0.5) is 8.78 Å². The molecule has 2 aromatic rings. The van der Waals surface area contributed by atoms with Gasteiger partial charge in [-0.15, -0.1) is 0 Å². The fourth-order valence-corrected chi connectivity index (χ4v) is 2.18. The van der Waals surface area contributed by atoms with Gasteiger partial charge in [0.2, 0.25) is 0 Å². The predicted molar refractivity (Wildman–Crippen MR) is 74.3 cm³/mol. The van der Waals surface area contributed by atoms with E-state index < -0.39 is 11.6 Å². The fraction of sp³-hybridized carbons (Fsp3) is 0.400. The molecule has 1 aromatic heterocycles. The number of aryl methyl sites for hydroxylation is 1. The zero-order valence-electron chi connectivity index (χ0n) is 11.7. The van der Waals surface area contributed by atoms with E-state index in [1.54, 1.807) is 10.9 Å². The molecule has 0 saturated carbocycles.